The van der Waals surface area contributed by atoms with Crippen molar-refractivity contribution in [2.24, 2.45) is 0 Å². The van der Waals surface area contributed by atoms with Crippen LogP contribution in [-0.4, -0.2) is 2.78 Å². The van der Waals surface area contributed by atoms with Gasteiger partial charge in [-0.05, 0) is 119 Å². The highest BCUT2D eigenvalue weighted by molar-refractivity contribution is 14.1. The lowest BCUT2D eigenvalue weighted by molar-refractivity contribution is 1.28. The van der Waals surface area contributed by atoms with E-state index >= 15 is 0 Å². The van der Waals surface area contributed by atoms with Crippen LogP contribution in [0, 0.1) is 0 Å². The van der Waals surface area contributed by atoms with E-state index in [0.717, 1.165) is 34.1 Å². The first-order valence-electron chi connectivity index (χ1n) is 17.5. The number of anilines is 6. The van der Waals surface area contributed by atoms with Crippen molar-refractivity contribution >= 4 is 78.8 Å². The molecule has 1 aromatic heterocycles. The molecule has 9 aromatic rings. The van der Waals surface area contributed by atoms with E-state index in [4.69, 9.17) is 0 Å². The van der Waals surface area contributed by atoms with Crippen LogP contribution in [0.2, 0.25) is 0 Å². The van der Waals surface area contributed by atoms with Crippen LogP contribution in [0.1, 0.15) is 0 Å². The summed E-state index contributed by atoms with van der Waals surface area (Å²) in [5.41, 5.74) is 14.0. The number of nitrogens with zero attached hydrogens (tertiary/aromatic N) is 3. The van der Waals surface area contributed by atoms with E-state index in [-0.39, 0.29) is 0 Å². The summed E-state index contributed by atoms with van der Waals surface area (Å²) >= 11 is 2.44. The van der Waals surface area contributed by atoms with E-state index in [1.165, 1.54) is 44.1 Å². The number of fused-ring (bicyclic) bond motifs is 3. The Hall–Kier alpha value is -6.11. The second kappa shape index (κ2) is 13.9. The second-order valence-electron chi connectivity index (χ2n) is 12.9. The number of hydrogen-bond donors (Lipinski definition) is 0. The fourth-order valence-electron chi connectivity index (χ4n) is 7.14. The Morgan fingerprint density at radius 2 is 0.558 bits per heavy atom. The van der Waals surface area contributed by atoms with Gasteiger partial charge >= 0.3 is 0 Å². The zero-order chi connectivity index (χ0) is 34.9. The van der Waals surface area contributed by atoms with Gasteiger partial charge in [0.25, 0.3) is 0 Å². The molecule has 52 heavy (non-hydrogen) atoms. The van der Waals surface area contributed by atoms with Crippen LogP contribution in [0.3, 0.4) is 0 Å². The highest BCUT2D eigenvalue weighted by atomic mass is 127. The Kier molecular flexibility index (Phi) is 8.51. The zero-order valence-corrected chi connectivity index (χ0v) is 30.5. The van der Waals surface area contributed by atoms with Crippen molar-refractivity contribution < 1.29 is 0 Å². The average Bonchev–Trinajstić information content (AvgIpc) is 3.50. The van der Waals surface area contributed by atoms with Crippen molar-refractivity contribution in [2.45, 2.75) is 0 Å². The van der Waals surface area contributed by atoms with Crippen LogP contribution in [0.5, 0.6) is 0 Å². The van der Waals surface area contributed by atoms with Gasteiger partial charge in [-0.2, -0.15) is 0 Å². The van der Waals surface area contributed by atoms with E-state index in [9.17, 15) is 0 Å². The number of para-hydroxylation sites is 4. The first kappa shape index (κ1) is 31.8. The van der Waals surface area contributed by atoms with Gasteiger partial charge in [0.2, 0.25) is 0 Å². The van der Waals surface area contributed by atoms with Crippen molar-refractivity contribution in [3.63, 3.8) is 0 Å². The van der Waals surface area contributed by atoms with Gasteiger partial charge < -0.3 is 9.80 Å². The largest absolute Gasteiger partial charge is 0.311 e. The molecule has 0 atom stereocenters. The van der Waals surface area contributed by atoms with Gasteiger partial charge in [0.05, 0.1) is 33.9 Å². The first-order chi connectivity index (χ1) is 25.7. The monoisotopic (exact) mass is 779 g/mol. The molecule has 0 unspecified atom stereocenters. The maximum absolute atomic E-state index is 2.44. The van der Waals surface area contributed by atoms with Crippen LogP contribution in [0.15, 0.2) is 206 Å². The third-order valence-corrected chi connectivity index (χ3v) is 10.7. The standard InChI is InChI=1S/C48H34IN3/c49-52-47-31-25-37(35-21-27-43(28-22-35)50(39-13-5-1-6-14-39)40-15-7-2-8-16-40)33-45(47)46-34-38(26-32-48(46)52)36-23-29-44(30-24-36)51(41-17-9-3-10-18-41)42-19-11-4-12-20-42/h1-34H. The van der Waals surface area contributed by atoms with Gasteiger partial charge in [0.15, 0.2) is 0 Å². The molecule has 0 aliphatic rings. The second-order valence-corrected chi connectivity index (χ2v) is 13.8. The fourth-order valence-corrected chi connectivity index (χ4v) is 7.98. The summed E-state index contributed by atoms with van der Waals surface area (Å²) in [4.78, 5) is 4.59. The molecule has 0 bridgehead atoms. The van der Waals surface area contributed by atoms with Gasteiger partial charge in [-0.25, -0.2) is 0 Å². The smallest absolute Gasteiger partial charge is 0.0646 e. The van der Waals surface area contributed by atoms with Crippen molar-refractivity contribution in [2.75, 3.05) is 9.80 Å². The Labute approximate surface area is 318 Å². The molecular formula is C48H34IN3. The molecule has 3 nitrogen and oxygen atoms in total. The molecule has 0 aliphatic carbocycles. The molecule has 0 spiro atoms. The van der Waals surface area contributed by atoms with Crippen molar-refractivity contribution in [1.82, 2.24) is 2.78 Å². The topological polar surface area (TPSA) is 11.4 Å². The number of benzene rings is 8. The van der Waals surface area contributed by atoms with Gasteiger partial charge in [-0.1, -0.05) is 109 Å². The Morgan fingerprint density at radius 1 is 0.288 bits per heavy atom. The van der Waals surface area contributed by atoms with E-state index in [2.05, 4.69) is 242 Å². The highest BCUT2D eigenvalue weighted by Gasteiger charge is 2.16. The summed E-state index contributed by atoms with van der Waals surface area (Å²) in [6.07, 6.45) is 0. The SMILES string of the molecule is In1c2ccc(-c3ccc(N(c4ccccc4)c4ccccc4)cc3)cc2c2cc(-c3ccc(N(c4ccccc4)c4ccccc4)cc3)ccc21. The third kappa shape index (κ3) is 6.01. The van der Waals surface area contributed by atoms with Crippen molar-refractivity contribution in [3.05, 3.63) is 206 Å². The molecule has 1 heterocycles. The lowest BCUT2D eigenvalue weighted by Crippen LogP contribution is -2.09. The average molecular weight is 780 g/mol. The predicted molar refractivity (Wildman–Crippen MR) is 229 cm³/mol. The highest BCUT2D eigenvalue weighted by Crippen LogP contribution is 2.40. The minimum Gasteiger partial charge on any atom is -0.311 e. The van der Waals surface area contributed by atoms with E-state index < -0.39 is 0 Å². The maximum atomic E-state index is 2.44. The van der Waals surface area contributed by atoms with Crippen LogP contribution < -0.4 is 9.80 Å². The maximum Gasteiger partial charge on any atom is 0.0646 e. The summed E-state index contributed by atoms with van der Waals surface area (Å²) in [6, 6.07) is 73.7. The van der Waals surface area contributed by atoms with Crippen LogP contribution >= 0.6 is 22.9 Å². The van der Waals surface area contributed by atoms with Gasteiger partial charge in [-0.15, -0.1) is 0 Å². The molecule has 4 heteroatoms. The summed E-state index contributed by atoms with van der Waals surface area (Å²) in [5.74, 6) is 0. The molecule has 248 valence electrons. The predicted octanol–water partition coefficient (Wildman–Crippen LogP) is 14.3. The quantitative estimate of drug-likeness (QED) is 0.142. The lowest BCUT2D eigenvalue weighted by Gasteiger charge is -2.25. The number of halogens is 1. The van der Waals surface area contributed by atoms with Gasteiger partial charge in [0.1, 0.15) is 0 Å². The number of rotatable bonds is 8. The normalized spacial score (nSPS) is 11.2. The van der Waals surface area contributed by atoms with E-state index in [1.807, 2.05) is 0 Å². The summed E-state index contributed by atoms with van der Waals surface area (Å²) < 4.78 is 2.28. The number of aromatic nitrogens is 1. The Bertz CT molecular complexity index is 2340. The van der Waals surface area contributed by atoms with Crippen molar-refractivity contribution in [3.8, 4) is 22.3 Å². The van der Waals surface area contributed by atoms with Gasteiger partial charge in [-0.3, -0.25) is 2.78 Å². The number of hydrogen-bond acceptors (Lipinski definition) is 2. The molecule has 0 saturated heterocycles. The molecule has 0 amide bonds. The summed E-state index contributed by atoms with van der Waals surface area (Å²) in [7, 11) is 0. The zero-order valence-electron chi connectivity index (χ0n) is 28.3. The molecule has 0 N–H and O–H groups in total. The lowest BCUT2D eigenvalue weighted by atomic mass is 9.99. The summed E-state index contributed by atoms with van der Waals surface area (Å²) in [5, 5.41) is 2.50. The van der Waals surface area contributed by atoms with Crippen molar-refractivity contribution in [1.29, 1.82) is 0 Å². The molecule has 0 fully saturated rings. The molecule has 0 aliphatic heterocycles. The van der Waals surface area contributed by atoms with Gasteiger partial charge in [0, 0.05) is 44.9 Å². The van der Waals surface area contributed by atoms with E-state index in [1.54, 1.807) is 0 Å². The third-order valence-electron chi connectivity index (χ3n) is 9.68. The van der Waals surface area contributed by atoms with Crippen LogP contribution in [0.4, 0.5) is 34.1 Å². The van der Waals surface area contributed by atoms with Crippen LogP contribution in [0.25, 0.3) is 44.1 Å². The Morgan fingerprint density at radius 3 is 0.865 bits per heavy atom. The van der Waals surface area contributed by atoms with E-state index in [0.29, 0.717) is 0 Å². The fraction of sp³-hybridized carbons (Fsp3) is 0. The molecule has 0 radical (unpaired) electrons. The molecule has 9 rings (SSSR count). The first-order valence-corrected chi connectivity index (χ1v) is 18.4. The minimum atomic E-state index is 1.12. The van der Waals surface area contributed by atoms with Crippen LogP contribution in [-0.2, 0) is 0 Å². The Balaban J connectivity index is 1.06. The molecular weight excluding hydrogens is 745 g/mol. The molecule has 0 saturated carbocycles. The summed E-state index contributed by atoms with van der Waals surface area (Å²) in [6.45, 7) is 0. The molecule has 8 aromatic carbocycles. The minimum absolute atomic E-state index is 1.12.